The lowest BCUT2D eigenvalue weighted by atomic mass is 10.1. The van der Waals surface area contributed by atoms with Gasteiger partial charge in [0, 0.05) is 6.54 Å². The summed E-state index contributed by atoms with van der Waals surface area (Å²) in [6, 6.07) is 0. The van der Waals surface area contributed by atoms with Gasteiger partial charge in [0.2, 0.25) is 0 Å². The van der Waals surface area contributed by atoms with Crippen LogP contribution in [-0.2, 0) is 4.79 Å². The number of rotatable bonds is 4. The number of hydrogen-bond acceptors (Lipinski definition) is 3. The van der Waals surface area contributed by atoms with Gasteiger partial charge in [-0.3, -0.25) is 4.79 Å². The van der Waals surface area contributed by atoms with Crippen LogP contribution >= 0.6 is 0 Å². The van der Waals surface area contributed by atoms with Crippen molar-refractivity contribution < 1.29 is 15.0 Å². The van der Waals surface area contributed by atoms with E-state index in [1.807, 2.05) is 0 Å². The van der Waals surface area contributed by atoms with Crippen LogP contribution in [0.1, 0.15) is 6.92 Å². The van der Waals surface area contributed by atoms with E-state index in [4.69, 9.17) is 10.2 Å². The van der Waals surface area contributed by atoms with Crippen molar-refractivity contribution in [3.63, 3.8) is 0 Å². The molecule has 0 bridgehead atoms. The van der Waals surface area contributed by atoms with Crippen molar-refractivity contribution in [3.8, 4) is 0 Å². The number of hydrogen-bond donors (Lipinski definition) is 3. The standard InChI is InChI=1S/C6H13NO3/c1-4(8)5(3-7-2)6(9)10/h4-5,7-8H,3H2,1-2H3,(H,9,10)/t4-,5+/m1/s1. The first kappa shape index (κ1) is 9.39. The van der Waals surface area contributed by atoms with Crippen LogP contribution in [0.2, 0.25) is 0 Å². The van der Waals surface area contributed by atoms with Crippen LogP contribution in [0.4, 0.5) is 0 Å². The molecule has 0 amide bonds. The van der Waals surface area contributed by atoms with Crippen LogP contribution in [0.25, 0.3) is 0 Å². The second kappa shape index (κ2) is 4.24. The average Bonchev–Trinajstić information content (AvgIpc) is 1.81. The highest BCUT2D eigenvalue weighted by molar-refractivity contribution is 5.70. The van der Waals surface area contributed by atoms with E-state index in [1.165, 1.54) is 6.92 Å². The van der Waals surface area contributed by atoms with Crippen LogP contribution in [-0.4, -0.2) is 35.9 Å². The van der Waals surface area contributed by atoms with Crippen LogP contribution in [0.3, 0.4) is 0 Å². The summed E-state index contributed by atoms with van der Waals surface area (Å²) in [4.78, 5) is 10.3. The number of aliphatic carboxylic acids is 1. The fourth-order valence-electron chi connectivity index (χ4n) is 0.684. The van der Waals surface area contributed by atoms with Gasteiger partial charge in [-0.2, -0.15) is 0 Å². The SMILES string of the molecule is CNC[C@H](C(=O)O)[C@@H](C)O. The smallest absolute Gasteiger partial charge is 0.310 e. The van der Waals surface area contributed by atoms with Gasteiger partial charge in [-0.15, -0.1) is 0 Å². The minimum Gasteiger partial charge on any atom is -0.481 e. The fraction of sp³-hybridized carbons (Fsp3) is 0.833. The number of carbonyl (C=O) groups is 1. The molecular formula is C6H13NO3. The van der Waals surface area contributed by atoms with Gasteiger partial charge < -0.3 is 15.5 Å². The highest BCUT2D eigenvalue weighted by atomic mass is 16.4. The summed E-state index contributed by atoms with van der Waals surface area (Å²) in [5, 5.41) is 20.1. The van der Waals surface area contributed by atoms with Crippen LogP contribution < -0.4 is 5.32 Å². The van der Waals surface area contributed by atoms with Crippen LogP contribution in [0, 0.1) is 5.92 Å². The average molecular weight is 147 g/mol. The Hall–Kier alpha value is -0.610. The monoisotopic (exact) mass is 147 g/mol. The Morgan fingerprint density at radius 1 is 1.70 bits per heavy atom. The second-order valence-corrected chi connectivity index (χ2v) is 2.24. The maximum atomic E-state index is 10.3. The molecule has 0 aromatic carbocycles. The van der Waals surface area contributed by atoms with E-state index in [2.05, 4.69) is 5.32 Å². The van der Waals surface area contributed by atoms with E-state index in [-0.39, 0.29) is 0 Å². The molecule has 3 N–H and O–H groups in total. The number of nitrogens with one attached hydrogen (secondary N) is 1. The van der Waals surface area contributed by atoms with Crippen LogP contribution in [0.15, 0.2) is 0 Å². The Kier molecular flexibility index (Phi) is 3.99. The van der Waals surface area contributed by atoms with Gasteiger partial charge >= 0.3 is 5.97 Å². The lowest BCUT2D eigenvalue weighted by molar-refractivity contribution is -0.144. The van der Waals surface area contributed by atoms with Gasteiger partial charge in [-0.25, -0.2) is 0 Å². The molecular weight excluding hydrogens is 134 g/mol. The molecule has 0 fully saturated rings. The molecule has 0 unspecified atom stereocenters. The molecule has 0 rings (SSSR count). The predicted molar refractivity (Wildman–Crippen MR) is 36.7 cm³/mol. The Balaban J connectivity index is 3.85. The highest BCUT2D eigenvalue weighted by Crippen LogP contribution is 2.01. The highest BCUT2D eigenvalue weighted by Gasteiger charge is 2.21. The molecule has 0 aliphatic heterocycles. The molecule has 0 aliphatic carbocycles. The summed E-state index contributed by atoms with van der Waals surface area (Å²) in [6.45, 7) is 1.77. The molecule has 0 saturated heterocycles. The molecule has 0 saturated carbocycles. The minimum atomic E-state index is -0.968. The summed E-state index contributed by atoms with van der Waals surface area (Å²) < 4.78 is 0. The Morgan fingerprint density at radius 2 is 2.20 bits per heavy atom. The van der Waals surface area contributed by atoms with E-state index in [1.54, 1.807) is 7.05 Å². The second-order valence-electron chi connectivity index (χ2n) is 2.24. The zero-order valence-corrected chi connectivity index (χ0v) is 6.16. The molecule has 0 aromatic rings. The molecule has 2 atom stereocenters. The van der Waals surface area contributed by atoms with E-state index < -0.39 is 18.0 Å². The van der Waals surface area contributed by atoms with Crippen molar-refractivity contribution in [1.82, 2.24) is 5.32 Å². The lowest BCUT2D eigenvalue weighted by Crippen LogP contribution is -2.34. The summed E-state index contributed by atoms with van der Waals surface area (Å²) in [5.41, 5.74) is 0. The van der Waals surface area contributed by atoms with Crippen molar-refractivity contribution in [3.05, 3.63) is 0 Å². The summed E-state index contributed by atoms with van der Waals surface area (Å²) in [7, 11) is 1.65. The lowest BCUT2D eigenvalue weighted by Gasteiger charge is -2.13. The molecule has 4 heteroatoms. The van der Waals surface area contributed by atoms with Gasteiger partial charge in [0.15, 0.2) is 0 Å². The molecule has 10 heavy (non-hydrogen) atoms. The van der Waals surface area contributed by atoms with Crippen molar-refractivity contribution in [1.29, 1.82) is 0 Å². The van der Waals surface area contributed by atoms with Gasteiger partial charge in [-0.05, 0) is 14.0 Å². The van der Waals surface area contributed by atoms with Crippen LogP contribution in [0.5, 0.6) is 0 Å². The number of carboxylic acid groups (broad SMARTS) is 1. The quantitative estimate of drug-likeness (QED) is 0.491. The number of aliphatic hydroxyl groups excluding tert-OH is 1. The first-order valence-electron chi connectivity index (χ1n) is 3.15. The summed E-state index contributed by atoms with van der Waals surface area (Å²) >= 11 is 0. The molecule has 4 nitrogen and oxygen atoms in total. The summed E-state index contributed by atoms with van der Waals surface area (Å²) in [5.74, 6) is -1.67. The Morgan fingerprint density at radius 3 is 2.30 bits per heavy atom. The summed E-state index contributed by atoms with van der Waals surface area (Å²) in [6.07, 6.45) is -0.801. The first-order valence-corrected chi connectivity index (χ1v) is 3.15. The molecule has 0 aromatic heterocycles. The zero-order valence-electron chi connectivity index (χ0n) is 6.16. The first-order chi connectivity index (χ1) is 4.59. The van der Waals surface area contributed by atoms with Crippen molar-refractivity contribution in [2.75, 3.05) is 13.6 Å². The molecule has 0 spiro atoms. The molecule has 0 heterocycles. The van der Waals surface area contributed by atoms with E-state index in [9.17, 15) is 4.79 Å². The maximum absolute atomic E-state index is 10.3. The topological polar surface area (TPSA) is 69.6 Å². The maximum Gasteiger partial charge on any atom is 0.310 e. The van der Waals surface area contributed by atoms with Crippen molar-refractivity contribution in [2.24, 2.45) is 5.92 Å². The van der Waals surface area contributed by atoms with Gasteiger partial charge in [-0.1, -0.05) is 0 Å². The number of aliphatic hydroxyl groups is 1. The third kappa shape index (κ3) is 2.80. The Bertz CT molecular complexity index is 114. The normalized spacial score (nSPS) is 16.3. The number of carboxylic acids is 1. The molecule has 0 radical (unpaired) electrons. The largest absolute Gasteiger partial charge is 0.481 e. The van der Waals surface area contributed by atoms with Gasteiger partial charge in [0.25, 0.3) is 0 Å². The third-order valence-corrected chi connectivity index (χ3v) is 1.32. The van der Waals surface area contributed by atoms with Crippen molar-refractivity contribution >= 4 is 5.97 Å². The zero-order chi connectivity index (χ0) is 8.15. The minimum absolute atomic E-state index is 0.299. The third-order valence-electron chi connectivity index (χ3n) is 1.32. The molecule has 0 aliphatic rings. The molecule has 60 valence electrons. The van der Waals surface area contributed by atoms with Gasteiger partial charge in [0.1, 0.15) is 0 Å². The predicted octanol–water partition coefficient (Wildman–Crippen LogP) is -0.713. The van der Waals surface area contributed by atoms with E-state index >= 15 is 0 Å². The van der Waals surface area contributed by atoms with Crippen molar-refractivity contribution in [2.45, 2.75) is 13.0 Å². The van der Waals surface area contributed by atoms with E-state index in [0.29, 0.717) is 6.54 Å². The van der Waals surface area contributed by atoms with E-state index in [0.717, 1.165) is 0 Å². The fourth-order valence-corrected chi connectivity index (χ4v) is 0.684. The Labute approximate surface area is 59.9 Å². The van der Waals surface area contributed by atoms with Gasteiger partial charge in [0.05, 0.1) is 12.0 Å².